The fraction of sp³-hybridized carbons (Fsp3) is 0.462. The molecular formula is C13H19FN2O. The molecule has 0 aromatic heterocycles. The second-order valence-corrected chi connectivity index (χ2v) is 4.61. The van der Waals surface area contributed by atoms with Crippen molar-refractivity contribution in [2.24, 2.45) is 11.7 Å². The predicted octanol–water partition coefficient (Wildman–Crippen LogP) is 2.92. The summed E-state index contributed by atoms with van der Waals surface area (Å²) >= 11 is 0. The average Bonchev–Trinajstić information content (AvgIpc) is 2.19. The number of hydrogen-bond acceptors (Lipinski definition) is 2. The number of nitrogens with one attached hydrogen (secondary N) is 1. The first kappa shape index (κ1) is 13.5. The summed E-state index contributed by atoms with van der Waals surface area (Å²) in [5.41, 5.74) is 5.70. The summed E-state index contributed by atoms with van der Waals surface area (Å²) in [6.45, 7) is 6.17. The van der Waals surface area contributed by atoms with Crippen LogP contribution in [0.2, 0.25) is 0 Å². The fourth-order valence-corrected chi connectivity index (χ4v) is 1.74. The summed E-state index contributed by atoms with van der Waals surface area (Å²) in [5, 5.41) is 7.39. The van der Waals surface area contributed by atoms with Gasteiger partial charge in [-0.05, 0) is 37.5 Å². The van der Waals surface area contributed by atoms with E-state index in [0.29, 0.717) is 17.2 Å². The molecule has 0 amide bonds. The van der Waals surface area contributed by atoms with E-state index in [1.807, 2.05) is 6.92 Å². The van der Waals surface area contributed by atoms with Gasteiger partial charge in [0, 0.05) is 0 Å². The minimum Gasteiger partial charge on any atom is -0.490 e. The van der Waals surface area contributed by atoms with Crippen molar-refractivity contribution in [3.05, 3.63) is 29.6 Å². The summed E-state index contributed by atoms with van der Waals surface area (Å²) in [4.78, 5) is 0. The molecule has 0 spiro atoms. The van der Waals surface area contributed by atoms with Crippen molar-refractivity contribution in [3.63, 3.8) is 0 Å². The number of amidine groups is 1. The van der Waals surface area contributed by atoms with Gasteiger partial charge in [-0.25, -0.2) is 4.39 Å². The van der Waals surface area contributed by atoms with Crippen LogP contribution < -0.4 is 10.5 Å². The molecule has 0 bridgehead atoms. The zero-order chi connectivity index (χ0) is 13.0. The average molecular weight is 238 g/mol. The third kappa shape index (κ3) is 4.06. The molecule has 3 nitrogen and oxygen atoms in total. The monoisotopic (exact) mass is 238 g/mol. The molecular weight excluding hydrogens is 219 g/mol. The van der Waals surface area contributed by atoms with Crippen LogP contribution in [0.25, 0.3) is 0 Å². The summed E-state index contributed by atoms with van der Waals surface area (Å²) in [6, 6.07) is 4.05. The Morgan fingerprint density at radius 3 is 2.59 bits per heavy atom. The zero-order valence-electron chi connectivity index (χ0n) is 10.5. The molecule has 3 N–H and O–H groups in total. The smallest absolute Gasteiger partial charge is 0.130 e. The van der Waals surface area contributed by atoms with E-state index in [9.17, 15) is 4.39 Å². The lowest BCUT2D eigenvalue weighted by Gasteiger charge is -2.18. The van der Waals surface area contributed by atoms with Crippen LogP contribution in [0.15, 0.2) is 18.2 Å². The number of ether oxygens (including phenoxy) is 1. The molecule has 1 atom stereocenters. The number of rotatable bonds is 5. The number of benzene rings is 1. The Morgan fingerprint density at radius 1 is 1.41 bits per heavy atom. The van der Waals surface area contributed by atoms with E-state index < -0.39 is 5.82 Å². The standard InChI is InChI=1S/C13H19FN2O/c1-8(2)6-9(3)17-12-5-4-10(14)7-11(12)13(15)16/h4-5,7-9H,6H2,1-3H3,(H3,15,16). The van der Waals surface area contributed by atoms with Gasteiger partial charge < -0.3 is 10.5 Å². The highest BCUT2D eigenvalue weighted by atomic mass is 19.1. The highest BCUT2D eigenvalue weighted by molar-refractivity contribution is 5.97. The SMILES string of the molecule is CC(C)CC(C)Oc1ccc(F)cc1C(=N)N. The van der Waals surface area contributed by atoms with Gasteiger partial charge in [-0.1, -0.05) is 13.8 Å². The van der Waals surface area contributed by atoms with Crippen molar-refractivity contribution < 1.29 is 9.13 Å². The summed E-state index contributed by atoms with van der Waals surface area (Å²) in [6.07, 6.45) is 0.910. The highest BCUT2D eigenvalue weighted by Gasteiger charge is 2.12. The van der Waals surface area contributed by atoms with Crippen molar-refractivity contribution in [3.8, 4) is 5.75 Å². The lowest BCUT2D eigenvalue weighted by Crippen LogP contribution is -2.19. The first-order chi connectivity index (χ1) is 7.90. The van der Waals surface area contributed by atoms with Crippen molar-refractivity contribution in [2.45, 2.75) is 33.3 Å². The predicted molar refractivity (Wildman–Crippen MR) is 67.0 cm³/mol. The fourth-order valence-electron chi connectivity index (χ4n) is 1.74. The molecule has 1 aromatic rings. The quantitative estimate of drug-likeness (QED) is 0.612. The first-order valence-electron chi connectivity index (χ1n) is 5.70. The molecule has 0 saturated carbocycles. The Hall–Kier alpha value is -1.58. The van der Waals surface area contributed by atoms with Gasteiger partial charge in [-0.2, -0.15) is 0 Å². The highest BCUT2D eigenvalue weighted by Crippen LogP contribution is 2.22. The van der Waals surface area contributed by atoms with Gasteiger partial charge in [-0.3, -0.25) is 5.41 Å². The van der Waals surface area contributed by atoms with Crippen molar-refractivity contribution >= 4 is 5.84 Å². The maximum Gasteiger partial charge on any atom is 0.130 e. The second-order valence-electron chi connectivity index (χ2n) is 4.61. The van der Waals surface area contributed by atoms with Gasteiger partial charge in [-0.15, -0.1) is 0 Å². The van der Waals surface area contributed by atoms with Crippen LogP contribution in [0, 0.1) is 17.1 Å². The largest absolute Gasteiger partial charge is 0.490 e. The van der Waals surface area contributed by atoms with Crippen LogP contribution in [0.1, 0.15) is 32.8 Å². The van der Waals surface area contributed by atoms with Gasteiger partial charge in [0.1, 0.15) is 17.4 Å². The molecule has 94 valence electrons. The second kappa shape index (κ2) is 5.66. The van der Waals surface area contributed by atoms with Gasteiger partial charge in [0.15, 0.2) is 0 Å². The molecule has 0 aliphatic heterocycles. The molecule has 1 aromatic carbocycles. The van der Waals surface area contributed by atoms with Crippen molar-refractivity contribution in [2.75, 3.05) is 0 Å². The van der Waals surface area contributed by atoms with Crippen molar-refractivity contribution in [1.29, 1.82) is 5.41 Å². The molecule has 17 heavy (non-hydrogen) atoms. The Labute approximate surface area is 101 Å². The van der Waals surface area contributed by atoms with E-state index in [4.69, 9.17) is 15.9 Å². The molecule has 4 heteroatoms. The molecule has 0 heterocycles. The topological polar surface area (TPSA) is 59.1 Å². The molecule has 0 aliphatic carbocycles. The molecule has 0 saturated heterocycles. The van der Waals surface area contributed by atoms with E-state index in [1.165, 1.54) is 18.2 Å². The van der Waals surface area contributed by atoms with Crippen LogP contribution in [-0.4, -0.2) is 11.9 Å². The Bertz CT molecular complexity index is 404. The van der Waals surface area contributed by atoms with E-state index in [1.54, 1.807) is 0 Å². The van der Waals surface area contributed by atoms with E-state index in [2.05, 4.69) is 13.8 Å². The maximum absolute atomic E-state index is 13.0. The Kier molecular flexibility index (Phi) is 4.49. The minimum atomic E-state index is -0.418. The van der Waals surface area contributed by atoms with Crippen LogP contribution in [-0.2, 0) is 0 Å². The molecule has 0 radical (unpaired) electrons. The van der Waals surface area contributed by atoms with E-state index >= 15 is 0 Å². The van der Waals surface area contributed by atoms with Gasteiger partial charge >= 0.3 is 0 Å². The maximum atomic E-state index is 13.0. The van der Waals surface area contributed by atoms with Crippen LogP contribution in [0.4, 0.5) is 4.39 Å². The number of nitrogens with two attached hydrogens (primary N) is 1. The van der Waals surface area contributed by atoms with E-state index in [-0.39, 0.29) is 11.9 Å². The summed E-state index contributed by atoms with van der Waals surface area (Å²) in [7, 11) is 0. The molecule has 0 fully saturated rings. The van der Waals surface area contributed by atoms with Gasteiger partial charge in [0.05, 0.1) is 11.7 Å². The lowest BCUT2D eigenvalue weighted by atomic mass is 10.1. The molecule has 1 rings (SSSR count). The van der Waals surface area contributed by atoms with Crippen LogP contribution in [0.3, 0.4) is 0 Å². The molecule has 0 aliphatic rings. The number of nitrogen functional groups attached to an aromatic ring is 1. The normalized spacial score (nSPS) is 12.5. The van der Waals surface area contributed by atoms with Crippen molar-refractivity contribution in [1.82, 2.24) is 0 Å². The van der Waals surface area contributed by atoms with Crippen LogP contribution >= 0.6 is 0 Å². The summed E-state index contributed by atoms with van der Waals surface area (Å²) in [5.74, 6) is 0.383. The number of hydrogen-bond donors (Lipinski definition) is 2. The number of halogens is 1. The van der Waals surface area contributed by atoms with Gasteiger partial charge in [0.25, 0.3) is 0 Å². The first-order valence-corrected chi connectivity index (χ1v) is 5.70. The Balaban J connectivity index is 2.86. The van der Waals surface area contributed by atoms with Gasteiger partial charge in [0.2, 0.25) is 0 Å². The Morgan fingerprint density at radius 2 is 2.06 bits per heavy atom. The zero-order valence-corrected chi connectivity index (χ0v) is 10.5. The molecule has 1 unspecified atom stereocenters. The third-order valence-corrected chi connectivity index (χ3v) is 2.36. The minimum absolute atomic E-state index is 0.0126. The summed E-state index contributed by atoms with van der Waals surface area (Å²) < 4.78 is 18.7. The third-order valence-electron chi connectivity index (χ3n) is 2.36. The van der Waals surface area contributed by atoms with Crippen LogP contribution in [0.5, 0.6) is 5.75 Å². The lowest BCUT2D eigenvalue weighted by molar-refractivity contribution is 0.192. The van der Waals surface area contributed by atoms with E-state index in [0.717, 1.165) is 6.42 Å².